The average Bonchev–Trinajstić information content (AvgIpc) is 2.72. The molecular formula is C12H13BrN4O. The van der Waals surface area contributed by atoms with Gasteiger partial charge in [-0.2, -0.15) is 5.10 Å². The van der Waals surface area contributed by atoms with E-state index in [1.165, 1.54) is 0 Å². The van der Waals surface area contributed by atoms with Gasteiger partial charge in [-0.25, -0.2) is 0 Å². The molecule has 0 saturated heterocycles. The highest BCUT2D eigenvalue weighted by atomic mass is 79.9. The van der Waals surface area contributed by atoms with E-state index in [1.54, 1.807) is 24.4 Å². The Labute approximate surface area is 113 Å². The van der Waals surface area contributed by atoms with E-state index in [1.807, 2.05) is 10.8 Å². The second-order valence-electron chi connectivity index (χ2n) is 3.80. The molecule has 0 aromatic carbocycles. The van der Waals surface area contributed by atoms with Crippen molar-refractivity contribution in [2.45, 2.75) is 19.9 Å². The van der Waals surface area contributed by atoms with Gasteiger partial charge < -0.3 is 9.88 Å². The second kappa shape index (κ2) is 5.77. The van der Waals surface area contributed by atoms with Gasteiger partial charge in [0.2, 0.25) is 0 Å². The monoisotopic (exact) mass is 308 g/mol. The van der Waals surface area contributed by atoms with Gasteiger partial charge in [-0.05, 0) is 40.5 Å². The van der Waals surface area contributed by atoms with Crippen LogP contribution in [0.4, 0.5) is 5.82 Å². The van der Waals surface area contributed by atoms with Gasteiger partial charge in [0, 0.05) is 23.4 Å². The maximum absolute atomic E-state index is 12.1. The largest absolute Gasteiger partial charge is 0.342 e. The molecule has 0 spiro atoms. The molecular weight excluding hydrogens is 296 g/mol. The fourth-order valence-electron chi connectivity index (χ4n) is 1.64. The number of halogens is 1. The fraction of sp³-hybridized carbons (Fsp3) is 0.250. The minimum Gasteiger partial charge on any atom is -0.342 e. The molecule has 6 heteroatoms. The summed E-state index contributed by atoms with van der Waals surface area (Å²) in [6, 6.07) is 5.22. The highest BCUT2D eigenvalue weighted by molar-refractivity contribution is 9.10. The molecule has 2 aromatic rings. The van der Waals surface area contributed by atoms with E-state index in [0.717, 1.165) is 17.4 Å². The fourth-order valence-corrected chi connectivity index (χ4v) is 2.10. The number of carbonyl (C=O) groups excluding carboxylic acids is 1. The molecule has 2 heterocycles. The third kappa shape index (κ3) is 2.95. The molecule has 0 radical (unpaired) electrons. The van der Waals surface area contributed by atoms with Gasteiger partial charge in [-0.3, -0.25) is 4.79 Å². The number of nitrogens with zero attached hydrogens (tertiary/aromatic N) is 3. The van der Waals surface area contributed by atoms with E-state index in [-0.39, 0.29) is 5.91 Å². The third-order valence-corrected chi connectivity index (χ3v) is 2.81. The number of nitrogens with one attached hydrogen (secondary N) is 1. The maximum atomic E-state index is 12.1. The average molecular weight is 309 g/mol. The zero-order valence-corrected chi connectivity index (χ0v) is 11.5. The number of carbonyl (C=O) groups is 1. The van der Waals surface area contributed by atoms with Crippen molar-refractivity contribution in [3.05, 3.63) is 40.8 Å². The quantitative estimate of drug-likeness (QED) is 0.944. The first-order chi connectivity index (χ1) is 8.70. The first-order valence-corrected chi connectivity index (χ1v) is 6.44. The Morgan fingerprint density at radius 1 is 1.56 bits per heavy atom. The van der Waals surface area contributed by atoms with Crippen molar-refractivity contribution in [2.24, 2.45) is 0 Å². The van der Waals surface area contributed by atoms with Gasteiger partial charge in [0.1, 0.15) is 5.69 Å². The minimum atomic E-state index is -0.186. The molecule has 2 aromatic heterocycles. The number of aromatic nitrogens is 3. The summed E-state index contributed by atoms with van der Waals surface area (Å²) in [5, 5.41) is 10.3. The van der Waals surface area contributed by atoms with Crippen LogP contribution in [0, 0.1) is 0 Å². The van der Waals surface area contributed by atoms with Crippen LogP contribution >= 0.6 is 15.9 Å². The summed E-state index contributed by atoms with van der Waals surface area (Å²) in [5.74, 6) is 0.262. The summed E-state index contributed by atoms with van der Waals surface area (Å²) in [5.41, 5.74) is 0.606. The van der Waals surface area contributed by atoms with Gasteiger partial charge in [0.05, 0.1) is 0 Å². The van der Waals surface area contributed by atoms with Gasteiger partial charge in [0.25, 0.3) is 5.91 Å². The molecule has 0 aliphatic carbocycles. The highest BCUT2D eigenvalue weighted by Crippen LogP contribution is 2.16. The van der Waals surface area contributed by atoms with E-state index in [9.17, 15) is 4.79 Å². The number of amides is 1. The molecule has 1 N–H and O–H groups in total. The number of anilines is 1. The Balaban J connectivity index is 2.18. The lowest BCUT2D eigenvalue weighted by Gasteiger charge is -2.07. The van der Waals surface area contributed by atoms with Crippen molar-refractivity contribution >= 4 is 27.7 Å². The lowest BCUT2D eigenvalue weighted by Crippen LogP contribution is -2.17. The van der Waals surface area contributed by atoms with Crippen LogP contribution in [0.1, 0.15) is 23.8 Å². The van der Waals surface area contributed by atoms with Crippen LogP contribution in [0.15, 0.2) is 35.1 Å². The summed E-state index contributed by atoms with van der Waals surface area (Å²) in [7, 11) is 0. The SMILES string of the molecule is CCCn1cc(Br)cc1C(=O)Nc1cccnn1. The molecule has 0 bridgehead atoms. The highest BCUT2D eigenvalue weighted by Gasteiger charge is 2.13. The van der Waals surface area contributed by atoms with Crippen LogP contribution in [-0.4, -0.2) is 20.7 Å². The Hall–Kier alpha value is -1.69. The van der Waals surface area contributed by atoms with Crippen LogP contribution < -0.4 is 5.32 Å². The van der Waals surface area contributed by atoms with Crippen molar-refractivity contribution in [2.75, 3.05) is 5.32 Å². The Bertz CT molecular complexity index is 538. The van der Waals surface area contributed by atoms with Gasteiger partial charge >= 0.3 is 0 Å². The summed E-state index contributed by atoms with van der Waals surface area (Å²) >= 11 is 3.38. The lowest BCUT2D eigenvalue weighted by atomic mass is 10.3. The number of aryl methyl sites for hydroxylation is 1. The molecule has 0 aliphatic rings. The summed E-state index contributed by atoms with van der Waals surface area (Å²) in [4.78, 5) is 12.1. The Morgan fingerprint density at radius 3 is 3.06 bits per heavy atom. The molecule has 2 rings (SSSR count). The van der Waals surface area contributed by atoms with Crippen LogP contribution in [0.3, 0.4) is 0 Å². The lowest BCUT2D eigenvalue weighted by molar-refractivity contribution is 0.101. The molecule has 94 valence electrons. The smallest absolute Gasteiger partial charge is 0.273 e. The van der Waals surface area contributed by atoms with Crippen molar-refractivity contribution < 1.29 is 4.79 Å². The zero-order chi connectivity index (χ0) is 13.0. The number of hydrogen-bond acceptors (Lipinski definition) is 3. The zero-order valence-electron chi connectivity index (χ0n) is 9.93. The minimum absolute atomic E-state index is 0.186. The van der Waals surface area contributed by atoms with E-state index in [0.29, 0.717) is 11.5 Å². The first-order valence-electron chi connectivity index (χ1n) is 5.65. The van der Waals surface area contributed by atoms with E-state index < -0.39 is 0 Å². The van der Waals surface area contributed by atoms with E-state index in [4.69, 9.17) is 0 Å². The van der Waals surface area contributed by atoms with E-state index >= 15 is 0 Å². The van der Waals surface area contributed by atoms with Crippen molar-refractivity contribution in [1.82, 2.24) is 14.8 Å². The van der Waals surface area contributed by atoms with Crippen molar-refractivity contribution in [3.63, 3.8) is 0 Å². The summed E-state index contributed by atoms with van der Waals surface area (Å²) in [6.07, 6.45) is 4.42. The van der Waals surface area contributed by atoms with Gasteiger partial charge in [0.15, 0.2) is 5.82 Å². The molecule has 5 nitrogen and oxygen atoms in total. The Kier molecular flexibility index (Phi) is 4.09. The summed E-state index contributed by atoms with van der Waals surface area (Å²) in [6.45, 7) is 2.87. The summed E-state index contributed by atoms with van der Waals surface area (Å²) < 4.78 is 2.80. The maximum Gasteiger partial charge on any atom is 0.273 e. The number of rotatable bonds is 4. The standard InChI is InChI=1S/C12H13BrN4O/c1-2-6-17-8-9(13)7-10(17)12(18)15-11-4-3-5-14-16-11/h3-5,7-8H,2,6H2,1H3,(H,15,16,18). The van der Waals surface area contributed by atoms with Gasteiger partial charge in [-0.1, -0.05) is 6.92 Å². The topological polar surface area (TPSA) is 59.8 Å². The Morgan fingerprint density at radius 2 is 2.39 bits per heavy atom. The molecule has 0 aliphatic heterocycles. The molecule has 18 heavy (non-hydrogen) atoms. The van der Waals surface area contributed by atoms with Crippen LogP contribution in [0.5, 0.6) is 0 Å². The molecule has 0 saturated carbocycles. The molecule has 0 unspecified atom stereocenters. The van der Waals surface area contributed by atoms with Gasteiger partial charge in [-0.15, -0.1) is 5.10 Å². The predicted molar refractivity (Wildman–Crippen MR) is 72.4 cm³/mol. The predicted octanol–water partition coefficient (Wildman–Crippen LogP) is 2.70. The number of hydrogen-bond donors (Lipinski definition) is 1. The molecule has 1 amide bonds. The first kappa shape index (κ1) is 12.8. The molecule has 0 atom stereocenters. The van der Waals surface area contributed by atoms with Crippen LogP contribution in [0.25, 0.3) is 0 Å². The van der Waals surface area contributed by atoms with Crippen LogP contribution in [0.2, 0.25) is 0 Å². The van der Waals surface area contributed by atoms with Crippen LogP contribution in [-0.2, 0) is 6.54 Å². The molecule has 0 fully saturated rings. The van der Waals surface area contributed by atoms with Crippen molar-refractivity contribution in [1.29, 1.82) is 0 Å². The second-order valence-corrected chi connectivity index (χ2v) is 4.72. The third-order valence-electron chi connectivity index (χ3n) is 2.37. The van der Waals surface area contributed by atoms with E-state index in [2.05, 4.69) is 38.4 Å². The normalized spacial score (nSPS) is 10.3. The van der Waals surface area contributed by atoms with Crippen molar-refractivity contribution in [3.8, 4) is 0 Å².